The van der Waals surface area contributed by atoms with Crippen molar-refractivity contribution < 1.29 is 0 Å². The summed E-state index contributed by atoms with van der Waals surface area (Å²) in [5.74, 6) is 0.955. The molecular formula is C19H29IN4OS. The molecule has 144 valence electrons. The second kappa shape index (κ2) is 12.9. The largest absolute Gasteiger partial charge is 0.357 e. The highest BCUT2D eigenvalue weighted by molar-refractivity contribution is 14.0. The quantitative estimate of drug-likeness (QED) is 0.255. The molecule has 0 spiro atoms. The van der Waals surface area contributed by atoms with Gasteiger partial charge in [-0.2, -0.15) is 0 Å². The number of aliphatic imine (C=N–C) groups is 1. The number of aryl methyl sites for hydroxylation is 1. The van der Waals surface area contributed by atoms with Gasteiger partial charge < -0.3 is 14.8 Å². The van der Waals surface area contributed by atoms with E-state index in [1.807, 2.05) is 12.3 Å². The Hall–Kier alpha value is -1.35. The van der Waals surface area contributed by atoms with Crippen molar-refractivity contribution in [2.75, 3.05) is 26.7 Å². The van der Waals surface area contributed by atoms with Crippen molar-refractivity contribution >= 4 is 41.3 Å². The Labute approximate surface area is 177 Å². The number of thiophene rings is 1. The summed E-state index contributed by atoms with van der Waals surface area (Å²) in [6.45, 7) is 5.42. The van der Waals surface area contributed by atoms with E-state index in [0.29, 0.717) is 0 Å². The number of halogens is 1. The highest BCUT2D eigenvalue weighted by atomic mass is 127. The fourth-order valence-electron chi connectivity index (χ4n) is 2.53. The van der Waals surface area contributed by atoms with Crippen LogP contribution in [0.3, 0.4) is 0 Å². The van der Waals surface area contributed by atoms with Gasteiger partial charge in [-0.1, -0.05) is 12.1 Å². The summed E-state index contributed by atoms with van der Waals surface area (Å²) in [6, 6.07) is 9.54. The molecule has 26 heavy (non-hydrogen) atoms. The third kappa shape index (κ3) is 7.90. The van der Waals surface area contributed by atoms with Crippen molar-refractivity contribution in [1.82, 2.24) is 14.8 Å². The lowest BCUT2D eigenvalue weighted by Crippen LogP contribution is -2.40. The maximum absolute atomic E-state index is 11.7. The lowest BCUT2D eigenvalue weighted by molar-refractivity contribution is 0.485. The molecule has 0 amide bonds. The van der Waals surface area contributed by atoms with Crippen molar-refractivity contribution in [2.24, 2.45) is 4.99 Å². The molecule has 0 saturated carbocycles. The van der Waals surface area contributed by atoms with E-state index in [2.05, 4.69) is 41.7 Å². The summed E-state index contributed by atoms with van der Waals surface area (Å²) < 4.78 is 1.75. The molecule has 2 heterocycles. The van der Waals surface area contributed by atoms with E-state index in [-0.39, 0.29) is 29.5 Å². The van der Waals surface area contributed by atoms with Gasteiger partial charge in [0.25, 0.3) is 0 Å². The van der Waals surface area contributed by atoms with E-state index in [1.54, 1.807) is 28.0 Å². The molecule has 2 aromatic heterocycles. The molecule has 0 atom stereocenters. The summed E-state index contributed by atoms with van der Waals surface area (Å²) in [5, 5.41) is 5.47. The summed E-state index contributed by atoms with van der Waals surface area (Å²) in [4.78, 5) is 20.0. The third-order valence-electron chi connectivity index (χ3n) is 3.94. The molecule has 7 heteroatoms. The van der Waals surface area contributed by atoms with Gasteiger partial charge in [0.2, 0.25) is 5.56 Å². The van der Waals surface area contributed by atoms with Crippen LogP contribution >= 0.6 is 35.3 Å². The molecule has 0 fully saturated rings. The SMILES string of the molecule is CCNC(=NCCCCn1ccccc1=O)N(C)CCc1cccs1.I. The maximum Gasteiger partial charge on any atom is 0.250 e. The minimum Gasteiger partial charge on any atom is -0.357 e. The van der Waals surface area contributed by atoms with Gasteiger partial charge in [0, 0.05) is 50.4 Å². The molecule has 2 aromatic rings. The van der Waals surface area contributed by atoms with Gasteiger partial charge in [0.05, 0.1) is 0 Å². The number of hydrogen-bond acceptors (Lipinski definition) is 3. The first kappa shape index (κ1) is 22.7. The van der Waals surface area contributed by atoms with Crippen LogP contribution in [0.15, 0.2) is 51.7 Å². The summed E-state index contributed by atoms with van der Waals surface area (Å²) >= 11 is 1.80. The van der Waals surface area contributed by atoms with Crippen LogP contribution in [0.25, 0.3) is 0 Å². The van der Waals surface area contributed by atoms with Gasteiger partial charge in [-0.05, 0) is 43.7 Å². The molecule has 5 nitrogen and oxygen atoms in total. The first-order chi connectivity index (χ1) is 12.2. The van der Waals surface area contributed by atoms with Crippen molar-refractivity contribution in [2.45, 2.75) is 32.7 Å². The molecule has 0 bridgehead atoms. The van der Waals surface area contributed by atoms with E-state index in [4.69, 9.17) is 4.99 Å². The third-order valence-corrected chi connectivity index (χ3v) is 4.87. The van der Waals surface area contributed by atoms with Crippen LogP contribution in [0.2, 0.25) is 0 Å². The number of rotatable bonds is 9. The van der Waals surface area contributed by atoms with Crippen molar-refractivity contribution in [3.05, 3.63) is 57.1 Å². The summed E-state index contributed by atoms with van der Waals surface area (Å²) in [6.07, 6.45) is 4.80. The van der Waals surface area contributed by atoms with Gasteiger partial charge >= 0.3 is 0 Å². The highest BCUT2D eigenvalue weighted by Gasteiger charge is 2.06. The fraction of sp³-hybridized carbons (Fsp3) is 0.474. The van der Waals surface area contributed by atoms with E-state index >= 15 is 0 Å². The van der Waals surface area contributed by atoms with Gasteiger partial charge in [-0.25, -0.2) is 0 Å². The van der Waals surface area contributed by atoms with Crippen molar-refractivity contribution in [3.63, 3.8) is 0 Å². The fourth-order valence-corrected chi connectivity index (χ4v) is 3.23. The molecule has 0 radical (unpaired) electrons. The van der Waals surface area contributed by atoms with Crippen LogP contribution in [0.5, 0.6) is 0 Å². The lowest BCUT2D eigenvalue weighted by atomic mass is 10.3. The predicted molar refractivity (Wildman–Crippen MR) is 122 cm³/mol. The number of unbranched alkanes of at least 4 members (excludes halogenated alkanes) is 1. The van der Waals surface area contributed by atoms with Gasteiger partial charge in [-0.15, -0.1) is 35.3 Å². The smallest absolute Gasteiger partial charge is 0.250 e. The van der Waals surface area contributed by atoms with Gasteiger partial charge in [-0.3, -0.25) is 9.79 Å². The Bertz CT molecular complexity index is 700. The van der Waals surface area contributed by atoms with Gasteiger partial charge in [0.1, 0.15) is 0 Å². The molecule has 0 aliphatic rings. The number of nitrogens with zero attached hydrogens (tertiary/aromatic N) is 3. The average molecular weight is 488 g/mol. The van der Waals surface area contributed by atoms with Crippen LogP contribution in [0.1, 0.15) is 24.6 Å². The average Bonchev–Trinajstić information content (AvgIpc) is 3.13. The molecular weight excluding hydrogens is 459 g/mol. The molecule has 0 unspecified atom stereocenters. The van der Waals surface area contributed by atoms with Crippen LogP contribution < -0.4 is 10.9 Å². The first-order valence-electron chi connectivity index (χ1n) is 8.88. The van der Waals surface area contributed by atoms with E-state index in [0.717, 1.165) is 51.4 Å². The Morgan fingerprint density at radius 2 is 2.12 bits per heavy atom. The normalized spacial score (nSPS) is 11.1. The molecule has 0 aromatic carbocycles. The molecule has 0 aliphatic heterocycles. The highest BCUT2D eigenvalue weighted by Crippen LogP contribution is 2.09. The second-order valence-electron chi connectivity index (χ2n) is 5.93. The van der Waals surface area contributed by atoms with Gasteiger partial charge in [0.15, 0.2) is 5.96 Å². The number of guanidine groups is 1. The number of hydrogen-bond donors (Lipinski definition) is 1. The molecule has 1 N–H and O–H groups in total. The summed E-state index contributed by atoms with van der Waals surface area (Å²) in [5.41, 5.74) is 0.0626. The number of nitrogens with one attached hydrogen (secondary N) is 1. The molecule has 2 rings (SSSR count). The standard InChI is InChI=1S/C19H28N4OS.HI/c1-3-20-19(22(2)15-11-17-9-8-16-25-17)21-12-5-7-14-23-13-6-4-10-18(23)24;/h4,6,8-10,13,16H,3,5,7,11-12,14-15H2,1-2H3,(H,20,21);1H. The Morgan fingerprint density at radius 1 is 1.27 bits per heavy atom. The van der Waals surface area contributed by atoms with Crippen LogP contribution in [-0.2, 0) is 13.0 Å². The number of likely N-dealkylation sites (N-methyl/N-ethyl adjacent to an activating group) is 1. The van der Waals surface area contributed by atoms with E-state index in [1.165, 1.54) is 4.88 Å². The maximum atomic E-state index is 11.7. The molecule has 0 saturated heterocycles. The minimum absolute atomic E-state index is 0. The lowest BCUT2D eigenvalue weighted by Gasteiger charge is -2.21. The predicted octanol–water partition coefficient (Wildman–Crippen LogP) is 3.45. The first-order valence-corrected chi connectivity index (χ1v) is 9.76. The number of aromatic nitrogens is 1. The Balaban J connectivity index is 0.00000338. The monoisotopic (exact) mass is 488 g/mol. The minimum atomic E-state index is 0. The van der Waals surface area contributed by atoms with E-state index < -0.39 is 0 Å². The van der Waals surface area contributed by atoms with Crippen LogP contribution in [0.4, 0.5) is 0 Å². The summed E-state index contributed by atoms with van der Waals surface area (Å²) in [7, 11) is 2.08. The Kier molecular flexibility index (Phi) is 11.3. The van der Waals surface area contributed by atoms with Crippen LogP contribution in [0, 0.1) is 0 Å². The Morgan fingerprint density at radius 3 is 2.81 bits per heavy atom. The zero-order valence-electron chi connectivity index (χ0n) is 15.6. The second-order valence-corrected chi connectivity index (χ2v) is 6.96. The van der Waals surface area contributed by atoms with E-state index in [9.17, 15) is 4.79 Å². The van der Waals surface area contributed by atoms with Crippen molar-refractivity contribution in [3.8, 4) is 0 Å². The zero-order chi connectivity index (χ0) is 17.9. The van der Waals surface area contributed by atoms with Crippen molar-refractivity contribution in [1.29, 1.82) is 0 Å². The van der Waals surface area contributed by atoms with Crippen LogP contribution in [-0.4, -0.2) is 42.1 Å². The molecule has 0 aliphatic carbocycles. The number of pyridine rings is 1. The topological polar surface area (TPSA) is 49.6 Å². The zero-order valence-corrected chi connectivity index (χ0v) is 18.7.